The van der Waals surface area contributed by atoms with Crippen LogP contribution in [-0.2, 0) is 21.5 Å². The van der Waals surface area contributed by atoms with E-state index in [4.69, 9.17) is 0 Å². The zero-order chi connectivity index (χ0) is 20.8. The Labute approximate surface area is 164 Å². The molecule has 1 saturated carbocycles. The normalized spacial score (nSPS) is 22.5. The van der Waals surface area contributed by atoms with E-state index in [1.807, 2.05) is 0 Å². The Morgan fingerprint density at radius 3 is 2.38 bits per heavy atom. The molecular formula is C21H18F4N2O2. The second kappa shape index (κ2) is 6.86. The van der Waals surface area contributed by atoms with Crippen molar-refractivity contribution in [3.8, 4) is 0 Å². The van der Waals surface area contributed by atoms with Gasteiger partial charge >= 0.3 is 0 Å². The molecule has 0 saturated heterocycles. The van der Waals surface area contributed by atoms with Gasteiger partial charge in [-0.25, -0.2) is 17.6 Å². The largest absolute Gasteiger partial charge is 0.351 e. The number of nitrogens with one attached hydrogen (secondary N) is 1. The van der Waals surface area contributed by atoms with Gasteiger partial charge in [-0.3, -0.25) is 14.5 Å². The maximum absolute atomic E-state index is 13.8. The third-order valence-electron chi connectivity index (χ3n) is 5.66. The molecule has 1 fully saturated rings. The van der Waals surface area contributed by atoms with Crippen molar-refractivity contribution in [3.63, 3.8) is 0 Å². The van der Waals surface area contributed by atoms with Crippen molar-refractivity contribution in [1.82, 2.24) is 5.32 Å². The summed E-state index contributed by atoms with van der Waals surface area (Å²) in [6.45, 7) is 0. The first-order valence-corrected chi connectivity index (χ1v) is 9.23. The van der Waals surface area contributed by atoms with E-state index >= 15 is 0 Å². The van der Waals surface area contributed by atoms with Crippen molar-refractivity contribution in [2.75, 3.05) is 4.90 Å². The summed E-state index contributed by atoms with van der Waals surface area (Å²) >= 11 is 0. The topological polar surface area (TPSA) is 49.4 Å². The summed E-state index contributed by atoms with van der Waals surface area (Å²) in [4.78, 5) is 26.4. The second-order valence-corrected chi connectivity index (χ2v) is 7.56. The highest BCUT2D eigenvalue weighted by atomic mass is 19.3. The van der Waals surface area contributed by atoms with Gasteiger partial charge in [0.2, 0.25) is 6.41 Å². The lowest BCUT2D eigenvalue weighted by molar-refractivity contribution is -0.135. The van der Waals surface area contributed by atoms with Crippen molar-refractivity contribution in [2.24, 2.45) is 0 Å². The van der Waals surface area contributed by atoms with Crippen LogP contribution in [0.1, 0.15) is 30.4 Å². The van der Waals surface area contributed by atoms with E-state index in [1.165, 1.54) is 0 Å². The average molecular weight is 406 g/mol. The lowest BCUT2D eigenvalue weighted by Gasteiger charge is -2.42. The number of rotatable bonds is 5. The van der Waals surface area contributed by atoms with Gasteiger partial charge in [0.25, 0.3) is 11.8 Å². The lowest BCUT2D eigenvalue weighted by Crippen LogP contribution is -2.60. The first-order valence-electron chi connectivity index (χ1n) is 9.23. The minimum Gasteiger partial charge on any atom is -0.351 e. The summed E-state index contributed by atoms with van der Waals surface area (Å²) in [5, 5.41) is 2.60. The first-order chi connectivity index (χ1) is 13.7. The number of amides is 2. The number of hydrogen-bond acceptors (Lipinski definition) is 2. The molecule has 0 bridgehead atoms. The SMILES string of the molecule is O=CN(c1cc(F)cc(F)c1)[C@]1(C(=O)NC2CC(F)(F)C2)CCc2ccccc21. The Balaban J connectivity index is 1.78. The van der Waals surface area contributed by atoms with Gasteiger partial charge in [-0.15, -0.1) is 0 Å². The summed E-state index contributed by atoms with van der Waals surface area (Å²) in [5.74, 6) is -5.26. The fraction of sp³-hybridized carbons (Fsp3) is 0.333. The number of carbonyl (C=O) groups excluding carboxylic acids is 2. The smallest absolute Gasteiger partial charge is 0.252 e. The average Bonchev–Trinajstić information content (AvgIpc) is 3.01. The van der Waals surface area contributed by atoms with E-state index in [0.29, 0.717) is 24.5 Å². The molecule has 0 spiro atoms. The van der Waals surface area contributed by atoms with Gasteiger partial charge in [-0.1, -0.05) is 24.3 Å². The Bertz CT molecular complexity index is 953. The van der Waals surface area contributed by atoms with Crippen molar-refractivity contribution in [1.29, 1.82) is 0 Å². The molecule has 2 aromatic carbocycles. The van der Waals surface area contributed by atoms with Crippen LogP contribution in [0.25, 0.3) is 0 Å². The third-order valence-corrected chi connectivity index (χ3v) is 5.66. The molecule has 0 heterocycles. The van der Waals surface area contributed by atoms with Crippen LogP contribution in [0.2, 0.25) is 0 Å². The van der Waals surface area contributed by atoms with Crippen LogP contribution < -0.4 is 10.2 Å². The number of aryl methyl sites for hydroxylation is 1. The van der Waals surface area contributed by atoms with Crippen LogP contribution in [0.4, 0.5) is 23.2 Å². The lowest BCUT2D eigenvalue weighted by atomic mass is 9.84. The van der Waals surface area contributed by atoms with Crippen LogP contribution in [0.3, 0.4) is 0 Å². The fourth-order valence-corrected chi connectivity index (χ4v) is 4.31. The summed E-state index contributed by atoms with van der Waals surface area (Å²) in [6.07, 6.45) is 0.00823. The number of benzene rings is 2. The standard InChI is InChI=1S/C21H18F4N2O2/c22-14-7-15(23)9-17(8-14)27(12-28)21(6-5-13-3-1-2-4-18(13)21)19(29)26-16-10-20(24,25)11-16/h1-4,7-9,12,16H,5-6,10-11H2,(H,26,29)/t21-/m1/s1. The van der Waals surface area contributed by atoms with Crippen LogP contribution in [-0.4, -0.2) is 24.3 Å². The van der Waals surface area contributed by atoms with Crippen molar-refractivity contribution < 1.29 is 27.2 Å². The van der Waals surface area contributed by atoms with Gasteiger partial charge in [0.15, 0.2) is 5.54 Å². The Hall–Kier alpha value is -2.90. The van der Waals surface area contributed by atoms with Gasteiger partial charge in [0.1, 0.15) is 11.6 Å². The monoisotopic (exact) mass is 406 g/mol. The van der Waals surface area contributed by atoms with E-state index in [2.05, 4.69) is 5.32 Å². The molecule has 1 N–H and O–H groups in total. The Morgan fingerprint density at radius 2 is 1.76 bits per heavy atom. The molecule has 152 valence electrons. The van der Waals surface area contributed by atoms with Crippen LogP contribution in [0.15, 0.2) is 42.5 Å². The van der Waals surface area contributed by atoms with E-state index in [9.17, 15) is 27.2 Å². The summed E-state index contributed by atoms with van der Waals surface area (Å²) in [6, 6.07) is 8.82. The van der Waals surface area contributed by atoms with Crippen LogP contribution >= 0.6 is 0 Å². The highest BCUT2D eigenvalue weighted by molar-refractivity contribution is 5.98. The summed E-state index contributed by atoms with van der Waals surface area (Å²) in [7, 11) is 0. The Morgan fingerprint density at radius 1 is 1.10 bits per heavy atom. The number of hydrogen-bond donors (Lipinski definition) is 1. The number of carbonyl (C=O) groups is 2. The fourth-order valence-electron chi connectivity index (χ4n) is 4.31. The van der Waals surface area contributed by atoms with Gasteiger partial charge in [0.05, 0.1) is 5.69 Å². The number of alkyl halides is 2. The van der Waals surface area contributed by atoms with Gasteiger partial charge in [-0.05, 0) is 36.1 Å². The molecule has 0 aromatic heterocycles. The van der Waals surface area contributed by atoms with E-state index < -0.39 is 47.9 Å². The zero-order valence-electron chi connectivity index (χ0n) is 15.3. The molecule has 2 aliphatic carbocycles. The van der Waals surface area contributed by atoms with Crippen molar-refractivity contribution in [2.45, 2.75) is 43.2 Å². The van der Waals surface area contributed by atoms with Crippen LogP contribution in [0, 0.1) is 11.6 Å². The van der Waals surface area contributed by atoms with E-state index in [0.717, 1.165) is 22.6 Å². The molecule has 4 rings (SSSR count). The molecule has 8 heteroatoms. The maximum Gasteiger partial charge on any atom is 0.252 e. The highest BCUT2D eigenvalue weighted by Gasteiger charge is 2.53. The molecule has 4 nitrogen and oxygen atoms in total. The van der Waals surface area contributed by atoms with Gasteiger partial charge in [-0.2, -0.15) is 0 Å². The molecule has 0 unspecified atom stereocenters. The zero-order valence-corrected chi connectivity index (χ0v) is 15.3. The summed E-state index contributed by atoms with van der Waals surface area (Å²) in [5.41, 5.74) is -0.377. The Kier molecular flexibility index (Phi) is 4.59. The summed E-state index contributed by atoms with van der Waals surface area (Å²) < 4.78 is 54.1. The molecule has 29 heavy (non-hydrogen) atoms. The van der Waals surface area contributed by atoms with E-state index in [1.54, 1.807) is 24.3 Å². The molecule has 0 radical (unpaired) electrons. The van der Waals surface area contributed by atoms with Crippen molar-refractivity contribution >= 4 is 18.0 Å². The molecular weight excluding hydrogens is 388 g/mol. The second-order valence-electron chi connectivity index (χ2n) is 7.56. The maximum atomic E-state index is 13.8. The predicted molar refractivity (Wildman–Crippen MR) is 97.5 cm³/mol. The van der Waals surface area contributed by atoms with E-state index in [-0.39, 0.29) is 12.1 Å². The molecule has 0 aliphatic heterocycles. The number of halogens is 4. The number of anilines is 1. The third kappa shape index (κ3) is 3.26. The van der Waals surface area contributed by atoms with Gasteiger partial charge < -0.3 is 5.32 Å². The predicted octanol–water partition coefficient (Wildman–Crippen LogP) is 3.68. The molecule has 2 amide bonds. The number of nitrogens with zero attached hydrogens (tertiary/aromatic N) is 1. The quantitative estimate of drug-likeness (QED) is 0.608. The van der Waals surface area contributed by atoms with Crippen molar-refractivity contribution in [3.05, 3.63) is 65.2 Å². The van der Waals surface area contributed by atoms with Crippen LogP contribution in [0.5, 0.6) is 0 Å². The minimum absolute atomic E-state index is 0.122. The highest BCUT2D eigenvalue weighted by Crippen LogP contribution is 2.45. The molecule has 2 aromatic rings. The number of fused-ring (bicyclic) bond motifs is 1. The molecule has 1 atom stereocenters. The molecule has 2 aliphatic rings. The first kappa shape index (κ1) is 19.4. The minimum atomic E-state index is -2.82. The van der Waals surface area contributed by atoms with Gasteiger partial charge in [0, 0.05) is 24.9 Å².